The standard InChI is InChI=1S/C18H26N3.BF4/c1-12(2)8-16-6-7-17-19-21(11-20(16)17)18-14(4)9-13(3)10-15(18)5;2-1(3,4)5/h9-12,16H,6-8H2,1-5H3;/q+1;-1/t16-;/m1./s1. The van der Waals surface area contributed by atoms with Gasteiger partial charge in [-0.25, -0.2) is 4.57 Å². The van der Waals surface area contributed by atoms with E-state index in [1.54, 1.807) is 0 Å². The number of nitrogens with zero attached hydrogens (tertiary/aromatic N) is 3. The van der Waals surface area contributed by atoms with E-state index in [1.165, 1.54) is 41.0 Å². The van der Waals surface area contributed by atoms with Gasteiger partial charge in [0.2, 0.25) is 6.33 Å². The molecule has 0 saturated carbocycles. The highest BCUT2D eigenvalue weighted by Crippen LogP contribution is 2.25. The van der Waals surface area contributed by atoms with Crippen LogP contribution in [0, 0.1) is 26.7 Å². The fourth-order valence-electron chi connectivity index (χ4n) is 3.72. The minimum Gasteiger partial charge on any atom is -0.418 e. The lowest BCUT2D eigenvalue weighted by Gasteiger charge is -2.11. The molecule has 1 aromatic carbocycles. The van der Waals surface area contributed by atoms with Crippen LogP contribution in [-0.4, -0.2) is 17.0 Å². The summed E-state index contributed by atoms with van der Waals surface area (Å²) in [6.07, 6.45) is 5.80. The molecule has 0 bridgehead atoms. The highest BCUT2D eigenvalue weighted by atomic mass is 19.5. The van der Waals surface area contributed by atoms with Gasteiger partial charge in [-0.2, -0.15) is 0 Å². The van der Waals surface area contributed by atoms with Gasteiger partial charge in [-0.05, 0) is 50.7 Å². The van der Waals surface area contributed by atoms with Crippen molar-refractivity contribution in [2.24, 2.45) is 5.92 Å². The number of fused-ring (bicyclic) bond motifs is 1. The lowest BCUT2D eigenvalue weighted by atomic mass is 10.0. The molecule has 1 aliphatic rings. The van der Waals surface area contributed by atoms with E-state index in [0.717, 1.165) is 12.3 Å². The molecule has 0 spiro atoms. The zero-order chi connectivity index (χ0) is 19.6. The van der Waals surface area contributed by atoms with Gasteiger partial charge in [0.1, 0.15) is 5.69 Å². The summed E-state index contributed by atoms with van der Waals surface area (Å²) in [6, 6.07) is 5.11. The van der Waals surface area contributed by atoms with Crippen LogP contribution in [0.25, 0.3) is 5.69 Å². The third-order valence-corrected chi connectivity index (χ3v) is 4.46. The van der Waals surface area contributed by atoms with Crippen molar-refractivity contribution in [3.63, 3.8) is 0 Å². The second kappa shape index (κ2) is 7.80. The number of hydrogen-bond donors (Lipinski definition) is 0. The maximum Gasteiger partial charge on any atom is 0.673 e. The Hall–Kier alpha value is -1.86. The fourth-order valence-corrected chi connectivity index (χ4v) is 3.72. The van der Waals surface area contributed by atoms with Gasteiger partial charge in [-0.1, -0.05) is 36.2 Å². The summed E-state index contributed by atoms with van der Waals surface area (Å²) < 4.78 is 43.5. The number of halogens is 4. The van der Waals surface area contributed by atoms with Gasteiger partial charge >= 0.3 is 7.25 Å². The van der Waals surface area contributed by atoms with Crippen molar-refractivity contribution in [2.45, 2.75) is 59.9 Å². The van der Waals surface area contributed by atoms with Crippen molar-refractivity contribution < 1.29 is 21.8 Å². The van der Waals surface area contributed by atoms with Crippen molar-refractivity contribution in [3.8, 4) is 5.69 Å². The maximum atomic E-state index is 9.75. The Labute approximate surface area is 152 Å². The number of aryl methyl sites for hydroxylation is 4. The van der Waals surface area contributed by atoms with Crippen LogP contribution in [0.5, 0.6) is 0 Å². The molecule has 1 aromatic heterocycles. The summed E-state index contributed by atoms with van der Waals surface area (Å²) in [7, 11) is -6.00. The topological polar surface area (TPSA) is 21.7 Å². The van der Waals surface area contributed by atoms with Crippen molar-refractivity contribution in [3.05, 3.63) is 41.0 Å². The number of aromatic nitrogens is 3. The molecule has 0 N–H and O–H groups in total. The summed E-state index contributed by atoms with van der Waals surface area (Å²) in [4.78, 5) is 0. The average Bonchev–Trinajstić information content (AvgIpc) is 2.97. The molecule has 144 valence electrons. The van der Waals surface area contributed by atoms with Crippen LogP contribution in [0.3, 0.4) is 0 Å². The van der Waals surface area contributed by atoms with Crippen molar-refractivity contribution in [1.82, 2.24) is 9.78 Å². The van der Waals surface area contributed by atoms with E-state index in [9.17, 15) is 17.3 Å². The van der Waals surface area contributed by atoms with Crippen molar-refractivity contribution in [1.29, 1.82) is 0 Å². The van der Waals surface area contributed by atoms with E-state index in [4.69, 9.17) is 5.10 Å². The smallest absolute Gasteiger partial charge is 0.418 e. The van der Waals surface area contributed by atoms with Gasteiger partial charge in [0.25, 0.3) is 5.82 Å². The first-order chi connectivity index (χ1) is 12.0. The molecule has 1 aliphatic heterocycles. The van der Waals surface area contributed by atoms with Gasteiger partial charge in [0.15, 0.2) is 0 Å². The van der Waals surface area contributed by atoms with E-state index in [2.05, 4.69) is 62.3 Å². The number of rotatable bonds is 3. The Balaban J connectivity index is 0.000000431. The predicted molar refractivity (Wildman–Crippen MR) is 95.0 cm³/mol. The van der Waals surface area contributed by atoms with Crippen LogP contribution in [0.2, 0.25) is 0 Å². The largest absolute Gasteiger partial charge is 0.673 e. The molecular weight excluding hydrogens is 345 g/mol. The highest BCUT2D eigenvalue weighted by molar-refractivity contribution is 6.50. The van der Waals surface area contributed by atoms with Gasteiger partial charge in [-0.3, -0.25) is 0 Å². The normalized spacial score (nSPS) is 16.5. The van der Waals surface area contributed by atoms with Crippen LogP contribution in [-0.2, 0) is 6.42 Å². The van der Waals surface area contributed by atoms with Gasteiger partial charge in [-0.15, -0.1) is 0 Å². The highest BCUT2D eigenvalue weighted by Gasteiger charge is 2.32. The summed E-state index contributed by atoms with van der Waals surface area (Å²) >= 11 is 0. The molecule has 0 unspecified atom stereocenters. The Bertz CT molecular complexity index is 739. The predicted octanol–water partition coefficient (Wildman–Crippen LogP) is 4.92. The first kappa shape index (κ1) is 20.5. The van der Waals surface area contributed by atoms with Crippen molar-refractivity contribution >= 4 is 7.25 Å². The minimum atomic E-state index is -6.00. The first-order valence-electron chi connectivity index (χ1n) is 8.91. The Morgan fingerprint density at radius 3 is 2.19 bits per heavy atom. The molecule has 0 saturated heterocycles. The first-order valence-corrected chi connectivity index (χ1v) is 8.91. The second-order valence-corrected chi connectivity index (χ2v) is 7.45. The average molecular weight is 371 g/mol. The molecule has 8 heteroatoms. The van der Waals surface area contributed by atoms with Gasteiger partial charge < -0.3 is 17.3 Å². The molecule has 2 heterocycles. The summed E-state index contributed by atoms with van der Waals surface area (Å²) in [5.41, 5.74) is 5.16. The summed E-state index contributed by atoms with van der Waals surface area (Å²) in [5.74, 6) is 1.97. The Kier molecular flexibility index (Phi) is 6.14. The molecule has 3 nitrogen and oxygen atoms in total. The Morgan fingerprint density at radius 1 is 1.15 bits per heavy atom. The monoisotopic (exact) mass is 371 g/mol. The molecule has 26 heavy (non-hydrogen) atoms. The molecular formula is C18H26BF4N3. The quantitative estimate of drug-likeness (QED) is 0.427. The van der Waals surface area contributed by atoms with Crippen LogP contribution in [0.1, 0.15) is 55.2 Å². The van der Waals surface area contributed by atoms with Crippen LogP contribution < -0.4 is 4.57 Å². The minimum absolute atomic E-state index is 0.625. The lowest BCUT2D eigenvalue weighted by molar-refractivity contribution is -0.718. The van der Waals surface area contributed by atoms with Gasteiger partial charge in [0, 0.05) is 11.5 Å². The van der Waals surface area contributed by atoms with Gasteiger partial charge in [0.05, 0.1) is 6.04 Å². The van der Waals surface area contributed by atoms with E-state index in [-0.39, 0.29) is 0 Å². The van der Waals surface area contributed by atoms with E-state index in [1.807, 2.05) is 0 Å². The van der Waals surface area contributed by atoms with Crippen LogP contribution >= 0.6 is 0 Å². The van der Waals surface area contributed by atoms with Crippen molar-refractivity contribution in [2.75, 3.05) is 0 Å². The molecule has 0 aliphatic carbocycles. The third kappa shape index (κ3) is 5.32. The van der Waals surface area contributed by atoms with Crippen LogP contribution in [0.15, 0.2) is 18.5 Å². The molecule has 1 atom stereocenters. The number of hydrogen-bond acceptors (Lipinski definition) is 1. The molecule has 0 radical (unpaired) electrons. The summed E-state index contributed by atoms with van der Waals surface area (Å²) in [6.45, 7) is 11.1. The molecule has 0 fully saturated rings. The molecule has 0 amide bonds. The van der Waals surface area contributed by atoms with E-state index >= 15 is 0 Å². The lowest BCUT2D eigenvalue weighted by Crippen LogP contribution is -2.36. The Morgan fingerprint density at radius 2 is 1.69 bits per heavy atom. The van der Waals surface area contributed by atoms with E-state index in [0.29, 0.717) is 6.04 Å². The zero-order valence-electron chi connectivity index (χ0n) is 15.9. The number of benzene rings is 1. The molecule has 2 aromatic rings. The zero-order valence-corrected chi connectivity index (χ0v) is 15.9. The van der Waals surface area contributed by atoms with Crippen LogP contribution in [0.4, 0.5) is 17.3 Å². The summed E-state index contributed by atoms with van der Waals surface area (Å²) in [5, 5.41) is 4.85. The van der Waals surface area contributed by atoms with E-state index < -0.39 is 7.25 Å². The molecule has 3 rings (SSSR count). The third-order valence-electron chi connectivity index (χ3n) is 4.46. The fraction of sp³-hybridized carbons (Fsp3) is 0.556. The SMILES string of the molecule is Cc1cc(C)c(-n2c[n+]3c(n2)CC[C@@H]3CC(C)C)c(C)c1.F[B-](F)(F)F. The second-order valence-electron chi connectivity index (χ2n) is 7.45. The maximum absolute atomic E-state index is 9.75.